The lowest BCUT2D eigenvalue weighted by atomic mass is 10.1. The van der Waals surface area contributed by atoms with Gasteiger partial charge in [0, 0.05) is 5.69 Å². The van der Waals surface area contributed by atoms with Crippen molar-refractivity contribution in [3.8, 4) is 17.6 Å². The molecule has 0 fully saturated rings. The Labute approximate surface area is 199 Å². The number of methoxy groups -OCH3 is 1. The number of carbonyl (C=O) groups excluding carboxylic acids is 1. The molecule has 168 valence electrons. The first-order valence-electron chi connectivity index (χ1n) is 10.4. The third-order valence-electron chi connectivity index (χ3n) is 5.02. The van der Waals surface area contributed by atoms with Crippen LogP contribution in [0.25, 0.3) is 6.08 Å². The molecule has 3 aromatic rings. The highest BCUT2D eigenvalue weighted by atomic mass is 35.5. The van der Waals surface area contributed by atoms with E-state index in [9.17, 15) is 10.1 Å². The molecule has 0 saturated carbocycles. The average molecular weight is 461 g/mol. The lowest BCUT2D eigenvalue weighted by molar-refractivity contribution is -0.112. The van der Waals surface area contributed by atoms with E-state index in [0.717, 1.165) is 22.3 Å². The summed E-state index contributed by atoms with van der Waals surface area (Å²) < 4.78 is 11.4. The van der Waals surface area contributed by atoms with Crippen molar-refractivity contribution in [3.05, 3.63) is 93.0 Å². The maximum absolute atomic E-state index is 12.7. The first kappa shape index (κ1) is 23.9. The average Bonchev–Trinajstić information content (AvgIpc) is 2.78. The SMILES string of the molecule is COc1cc(/C=C(\C#N)C(=O)Nc2ccc(C)cc2C)cc(Cl)c1OCc1cccc(C)c1. The molecule has 0 bridgehead atoms. The number of ether oxygens (including phenoxy) is 2. The van der Waals surface area contributed by atoms with E-state index < -0.39 is 5.91 Å². The normalized spacial score (nSPS) is 11.0. The van der Waals surface area contributed by atoms with Crippen molar-refractivity contribution in [3.63, 3.8) is 0 Å². The zero-order chi connectivity index (χ0) is 24.0. The van der Waals surface area contributed by atoms with Crippen LogP contribution in [0.4, 0.5) is 5.69 Å². The zero-order valence-electron chi connectivity index (χ0n) is 19.0. The van der Waals surface area contributed by atoms with Crippen LogP contribution in [0.1, 0.15) is 27.8 Å². The maximum Gasteiger partial charge on any atom is 0.266 e. The van der Waals surface area contributed by atoms with E-state index in [1.165, 1.54) is 13.2 Å². The van der Waals surface area contributed by atoms with E-state index in [0.29, 0.717) is 34.4 Å². The number of hydrogen-bond acceptors (Lipinski definition) is 4. The molecule has 0 spiro atoms. The number of nitrogens with zero attached hydrogens (tertiary/aromatic N) is 1. The number of benzene rings is 3. The number of halogens is 1. The smallest absolute Gasteiger partial charge is 0.266 e. The summed E-state index contributed by atoms with van der Waals surface area (Å²) in [5, 5.41) is 12.7. The summed E-state index contributed by atoms with van der Waals surface area (Å²) in [7, 11) is 1.51. The second-order valence-electron chi connectivity index (χ2n) is 7.75. The Morgan fingerprint density at radius 1 is 1.09 bits per heavy atom. The number of anilines is 1. The molecule has 0 aliphatic carbocycles. The minimum atomic E-state index is -0.501. The van der Waals surface area contributed by atoms with Gasteiger partial charge in [-0.25, -0.2) is 0 Å². The minimum Gasteiger partial charge on any atom is -0.493 e. The lowest BCUT2D eigenvalue weighted by Crippen LogP contribution is -2.14. The molecule has 33 heavy (non-hydrogen) atoms. The Bertz CT molecular complexity index is 1260. The van der Waals surface area contributed by atoms with Crippen LogP contribution in [0.15, 0.2) is 60.2 Å². The number of aryl methyl sites for hydroxylation is 3. The van der Waals surface area contributed by atoms with Crippen molar-refractivity contribution >= 4 is 29.3 Å². The van der Waals surface area contributed by atoms with E-state index in [1.54, 1.807) is 12.1 Å². The van der Waals surface area contributed by atoms with Gasteiger partial charge in [-0.1, -0.05) is 59.1 Å². The van der Waals surface area contributed by atoms with Crippen LogP contribution >= 0.6 is 11.6 Å². The van der Waals surface area contributed by atoms with Gasteiger partial charge in [0.25, 0.3) is 5.91 Å². The van der Waals surface area contributed by atoms with Gasteiger partial charge in [0.2, 0.25) is 0 Å². The van der Waals surface area contributed by atoms with Gasteiger partial charge in [-0.05, 0) is 61.7 Å². The van der Waals surface area contributed by atoms with Gasteiger partial charge >= 0.3 is 0 Å². The highest BCUT2D eigenvalue weighted by Gasteiger charge is 2.15. The van der Waals surface area contributed by atoms with Crippen LogP contribution in [0.2, 0.25) is 5.02 Å². The summed E-state index contributed by atoms with van der Waals surface area (Å²) in [6, 6.07) is 18.9. The molecule has 1 N–H and O–H groups in total. The second kappa shape index (κ2) is 10.7. The van der Waals surface area contributed by atoms with E-state index >= 15 is 0 Å². The van der Waals surface area contributed by atoms with Crippen LogP contribution in [0.3, 0.4) is 0 Å². The van der Waals surface area contributed by atoms with Gasteiger partial charge in [-0.3, -0.25) is 4.79 Å². The van der Waals surface area contributed by atoms with Gasteiger partial charge < -0.3 is 14.8 Å². The number of amides is 1. The van der Waals surface area contributed by atoms with E-state index in [1.807, 2.05) is 69.3 Å². The predicted molar refractivity (Wildman–Crippen MR) is 132 cm³/mol. The topological polar surface area (TPSA) is 71.3 Å². The second-order valence-corrected chi connectivity index (χ2v) is 8.16. The largest absolute Gasteiger partial charge is 0.493 e. The van der Waals surface area contributed by atoms with Crippen molar-refractivity contribution in [1.82, 2.24) is 0 Å². The fourth-order valence-electron chi connectivity index (χ4n) is 3.38. The number of rotatable bonds is 7. The summed E-state index contributed by atoms with van der Waals surface area (Å²) in [6.07, 6.45) is 1.47. The van der Waals surface area contributed by atoms with Crippen molar-refractivity contribution < 1.29 is 14.3 Å². The summed E-state index contributed by atoms with van der Waals surface area (Å²) in [4.78, 5) is 12.7. The zero-order valence-corrected chi connectivity index (χ0v) is 19.8. The highest BCUT2D eigenvalue weighted by Crippen LogP contribution is 2.37. The Balaban J connectivity index is 1.83. The first-order chi connectivity index (χ1) is 15.8. The molecule has 0 heterocycles. The summed E-state index contributed by atoms with van der Waals surface area (Å²) in [6.45, 7) is 6.22. The molecule has 1 amide bonds. The van der Waals surface area contributed by atoms with Crippen LogP contribution in [-0.4, -0.2) is 13.0 Å². The van der Waals surface area contributed by atoms with Gasteiger partial charge in [0.05, 0.1) is 12.1 Å². The third-order valence-corrected chi connectivity index (χ3v) is 5.30. The van der Waals surface area contributed by atoms with Crippen molar-refractivity contribution in [2.45, 2.75) is 27.4 Å². The molecule has 0 unspecified atom stereocenters. The van der Waals surface area contributed by atoms with E-state index in [4.69, 9.17) is 21.1 Å². The van der Waals surface area contributed by atoms with E-state index in [-0.39, 0.29) is 5.57 Å². The lowest BCUT2D eigenvalue weighted by Gasteiger charge is -2.14. The first-order valence-corrected chi connectivity index (χ1v) is 10.7. The molecule has 3 aromatic carbocycles. The number of nitriles is 1. The fourth-order valence-corrected chi connectivity index (χ4v) is 3.65. The summed E-state index contributed by atoms with van der Waals surface area (Å²) >= 11 is 6.46. The van der Waals surface area contributed by atoms with Gasteiger partial charge in [0.1, 0.15) is 18.2 Å². The molecule has 5 nitrogen and oxygen atoms in total. The maximum atomic E-state index is 12.7. The molecule has 0 atom stereocenters. The highest BCUT2D eigenvalue weighted by molar-refractivity contribution is 6.32. The number of carbonyl (C=O) groups is 1. The minimum absolute atomic E-state index is 0.0541. The molecular weight excluding hydrogens is 436 g/mol. The monoisotopic (exact) mass is 460 g/mol. The molecule has 6 heteroatoms. The van der Waals surface area contributed by atoms with Crippen LogP contribution in [0.5, 0.6) is 11.5 Å². The molecule has 0 radical (unpaired) electrons. The Kier molecular flexibility index (Phi) is 7.76. The van der Waals surface area contributed by atoms with Crippen LogP contribution in [-0.2, 0) is 11.4 Å². The Morgan fingerprint density at radius 3 is 2.52 bits per heavy atom. The Morgan fingerprint density at radius 2 is 1.85 bits per heavy atom. The quantitative estimate of drug-likeness (QED) is 0.327. The van der Waals surface area contributed by atoms with Crippen molar-refractivity contribution in [1.29, 1.82) is 5.26 Å². The standard InChI is InChI=1S/C27H25ClN2O3/c1-17-6-5-7-20(11-17)16-33-26-23(28)13-21(14-25(26)32-4)12-22(15-29)27(31)30-24-9-8-18(2)10-19(24)3/h5-14H,16H2,1-4H3,(H,30,31)/b22-12+. The van der Waals surface area contributed by atoms with Gasteiger partial charge in [0.15, 0.2) is 11.5 Å². The number of nitrogens with one attached hydrogen (secondary N) is 1. The summed E-state index contributed by atoms with van der Waals surface area (Å²) in [5.74, 6) is 0.309. The molecule has 3 rings (SSSR count). The van der Waals surface area contributed by atoms with E-state index in [2.05, 4.69) is 5.32 Å². The molecule has 0 aromatic heterocycles. The molecule has 0 saturated heterocycles. The van der Waals surface area contributed by atoms with Gasteiger partial charge in [-0.15, -0.1) is 0 Å². The Hall–Kier alpha value is -3.75. The molecule has 0 aliphatic heterocycles. The van der Waals surface area contributed by atoms with Crippen LogP contribution in [0, 0.1) is 32.1 Å². The summed E-state index contributed by atoms with van der Waals surface area (Å²) in [5.41, 5.74) is 5.30. The van der Waals surface area contributed by atoms with Gasteiger partial charge in [-0.2, -0.15) is 5.26 Å². The van der Waals surface area contributed by atoms with Crippen molar-refractivity contribution in [2.24, 2.45) is 0 Å². The predicted octanol–water partition coefficient (Wildman–Crippen LogP) is 6.40. The third kappa shape index (κ3) is 6.15. The molecular formula is C27H25ClN2O3. The molecule has 0 aliphatic rings. The van der Waals surface area contributed by atoms with Crippen molar-refractivity contribution in [2.75, 3.05) is 12.4 Å². The fraction of sp³-hybridized carbons (Fsp3) is 0.185. The number of hydrogen-bond donors (Lipinski definition) is 1. The van der Waals surface area contributed by atoms with Crippen LogP contribution < -0.4 is 14.8 Å².